The number of hydrogen-bond acceptors (Lipinski definition) is 3. The van der Waals surface area contributed by atoms with Crippen molar-refractivity contribution < 1.29 is 17.6 Å². The average Bonchev–Trinajstić information content (AvgIpc) is 2.54. The van der Waals surface area contributed by atoms with E-state index in [0.29, 0.717) is 11.1 Å². The van der Waals surface area contributed by atoms with Crippen molar-refractivity contribution in [1.82, 2.24) is 10.0 Å². The summed E-state index contributed by atoms with van der Waals surface area (Å²) in [5, 5.41) is 2.58. The van der Waals surface area contributed by atoms with Gasteiger partial charge in [0.05, 0.1) is 4.90 Å². The Kier molecular flexibility index (Phi) is 5.69. The van der Waals surface area contributed by atoms with Gasteiger partial charge in [0, 0.05) is 18.7 Å². The summed E-state index contributed by atoms with van der Waals surface area (Å²) in [5.41, 5.74) is 1.82. The fraction of sp³-hybridized carbons (Fsp3) is 0.235. The Morgan fingerprint density at radius 1 is 1.04 bits per heavy atom. The molecule has 0 fully saturated rings. The van der Waals surface area contributed by atoms with Gasteiger partial charge in [-0.05, 0) is 55.3 Å². The Labute approximate surface area is 141 Å². The summed E-state index contributed by atoms with van der Waals surface area (Å²) in [5.74, 6) is -0.811. The molecule has 0 heterocycles. The quantitative estimate of drug-likeness (QED) is 0.784. The molecule has 0 bridgehead atoms. The van der Waals surface area contributed by atoms with Gasteiger partial charge >= 0.3 is 0 Å². The normalized spacial score (nSPS) is 11.3. The second kappa shape index (κ2) is 7.55. The van der Waals surface area contributed by atoms with Crippen molar-refractivity contribution in [2.24, 2.45) is 0 Å². The molecule has 128 valence electrons. The summed E-state index contributed by atoms with van der Waals surface area (Å²) in [4.78, 5) is 12.1. The predicted molar refractivity (Wildman–Crippen MR) is 89.8 cm³/mol. The number of sulfonamides is 1. The minimum atomic E-state index is -3.63. The molecule has 5 nitrogen and oxygen atoms in total. The van der Waals surface area contributed by atoms with Crippen LogP contribution in [0.25, 0.3) is 0 Å². The van der Waals surface area contributed by atoms with Gasteiger partial charge in [-0.1, -0.05) is 12.1 Å². The molecule has 1 amide bonds. The van der Waals surface area contributed by atoms with E-state index in [1.807, 2.05) is 13.0 Å². The largest absolute Gasteiger partial charge is 0.351 e. The van der Waals surface area contributed by atoms with Crippen LogP contribution in [0.5, 0.6) is 0 Å². The van der Waals surface area contributed by atoms with E-state index in [-0.39, 0.29) is 23.9 Å². The van der Waals surface area contributed by atoms with Crippen LogP contribution in [0.4, 0.5) is 4.39 Å². The van der Waals surface area contributed by atoms with Crippen LogP contribution in [-0.4, -0.2) is 27.4 Å². The van der Waals surface area contributed by atoms with Crippen LogP contribution >= 0.6 is 0 Å². The molecular formula is C17H19FN2O3S. The van der Waals surface area contributed by atoms with E-state index < -0.39 is 15.8 Å². The number of benzene rings is 2. The van der Waals surface area contributed by atoms with Crippen molar-refractivity contribution in [3.8, 4) is 0 Å². The number of rotatable bonds is 6. The third kappa shape index (κ3) is 4.62. The molecule has 0 aliphatic heterocycles. The van der Waals surface area contributed by atoms with Gasteiger partial charge in [0.25, 0.3) is 5.91 Å². The summed E-state index contributed by atoms with van der Waals surface area (Å²) in [6.45, 7) is 3.73. The van der Waals surface area contributed by atoms with Gasteiger partial charge < -0.3 is 5.32 Å². The van der Waals surface area contributed by atoms with E-state index in [1.165, 1.54) is 24.3 Å². The molecule has 0 saturated carbocycles. The maximum atomic E-state index is 12.8. The first kappa shape index (κ1) is 18.1. The molecule has 2 N–H and O–H groups in total. The third-order valence-corrected chi connectivity index (χ3v) is 5.05. The number of aryl methyl sites for hydroxylation is 2. The summed E-state index contributed by atoms with van der Waals surface area (Å²) in [7, 11) is -3.63. The molecule has 0 unspecified atom stereocenters. The van der Waals surface area contributed by atoms with Crippen molar-refractivity contribution in [1.29, 1.82) is 0 Å². The summed E-state index contributed by atoms with van der Waals surface area (Å²) >= 11 is 0. The Morgan fingerprint density at radius 2 is 1.71 bits per heavy atom. The van der Waals surface area contributed by atoms with Gasteiger partial charge in [-0.2, -0.15) is 0 Å². The van der Waals surface area contributed by atoms with Crippen molar-refractivity contribution in [2.75, 3.05) is 13.1 Å². The monoisotopic (exact) mass is 350 g/mol. The lowest BCUT2D eigenvalue weighted by Gasteiger charge is -2.11. The number of nitrogens with one attached hydrogen (secondary N) is 2. The lowest BCUT2D eigenvalue weighted by Crippen LogP contribution is -2.35. The van der Waals surface area contributed by atoms with Crippen LogP contribution in [0.2, 0.25) is 0 Å². The second-order valence-corrected chi connectivity index (χ2v) is 7.16. The van der Waals surface area contributed by atoms with Crippen LogP contribution in [0, 0.1) is 19.7 Å². The van der Waals surface area contributed by atoms with Gasteiger partial charge in [0.15, 0.2) is 0 Å². The zero-order valence-electron chi connectivity index (χ0n) is 13.5. The zero-order chi connectivity index (χ0) is 17.7. The zero-order valence-corrected chi connectivity index (χ0v) is 14.3. The van der Waals surface area contributed by atoms with E-state index in [9.17, 15) is 17.6 Å². The van der Waals surface area contributed by atoms with Crippen LogP contribution in [0.3, 0.4) is 0 Å². The van der Waals surface area contributed by atoms with Crippen molar-refractivity contribution in [2.45, 2.75) is 18.7 Å². The van der Waals surface area contributed by atoms with Crippen LogP contribution < -0.4 is 10.0 Å². The molecule has 7 heteroatoms. The standard InChI is InChI=1S/C17H19FN2O3S/c1-12-3-4-13(2)16(11-12)24(22,23)20-10-9-19-17(21)14-5-7-15(18)8-6-14/h3-8,11,20H,9-10H2,1-2H3,(H,19,21). The SMILES string of the molecule is Cc1ccc(C)c(S(=O)(=O)NCCNC(=O)c2ccc(F)cc2)c1. The number of halogens is 1. The van der Waals surface area contributed by atoms with Crippen molar-refractivity contribution in [3.05, 3.63) is 65.0 Å². The van der Waals surface area contributed by atoms with Gasteiger partial charge in [-0.3, -0.25) is 4.79 Å². The Balaban J connectivity index is 1.90. The summed E-state index contributed by atoms with van der Waals surface area (Å²) < 4.78 is 39.8. The van der Waals surface area contributed by atoms with Crippen molar-refractivity contribution in [3.63, 3.8) is 0 Å². The fourth-order valence-electron chi connectivity index (χ4n) is 2.14. The number of carbonyl (C=O) groups is 1. The molecule has 2 aromatic rings. The minimum Gasteiger partial charge on any atom is -0.351 e. The Morgan fingerprint density at radius 3 is 2.38 bits per heavy atom. The van der Waals surface area contributed by atoms with Crippen LogP contribution in [0.15, 0.2) is 47.4 Å². The van der Waals surface area contributed by atoms with Crippen LogP contribution in [0.1, 0.15) is 21.5 Å². The number of hydrogen-bond donors (Lipinski definition) is 2. The van der Waals surface area contributed by atoms with E-state index in [4.69, 9.17) is 0 Å². The topological polar surface area (TPSA) is 75.3 Å². The molecule has 0 spiro atoms. The molecule has 0 saturated heterocycles. The van der Waals surface area contributed by atoms with E-state index in [0.717, 1.165) is 5.56 Å². The maximum Gasteiger partial charge on any atom is 0.251 e. The molecular weight excluding hydrogens is 331 g/mol. The van der Waals surface area contributed by atoms with E-state index in [1.54, 1.807) is 19.1 Å². The van der Waals surface area contributed by atoms with Gasteiger partial charge in [-0.25, -0.2) is 17.5 Å². The molecule has 24 heavy (non-hydrogen) atoms. The molecule has 0 atom stereocenters. The maximum absolute atomic E-state index is 12.8. The first-order chi connectivity index (χ1) is 11.3. The van der Waals surface area contributed by atoms with E-state index >= 15 is 0 Å². The third-order valence-electron chi connectivity index (χ3n) is 3.44. The highest BCUT2D eigenvalue weighted by Gasteiger charge is 2.16. The smallest absolute Gasteiger partial charge is 0.251 e. The molecule has 0 aliphatic rings. The van der Waals surface area contributed by atoms with Gasteiger partial charge in [0.1, 0.15) is 5.82 Å². The highest BCUT2D eigenvalue weighted by Crippen LogP contribution is 2.16. The van der Waals surface area contributed by atoms with Gasteiger partial charge in [-0.15, -0.1) is 0 Å². The number of carbonyl (C=O) groups excluding carboxylic acids is 1. The Bertz CT molecular complexity index is 833. The lowest BCUT2D eigenvalue weighted by molar-refractivity contribution is 0.0954. The van der Waals surface area contributed by atoms with Gasteiger partial charge in [0.2, 0.25) is 10.0 Å². The molecule has 2 aromatic carbocycles. The predicted octanol–water partition coefficient (Wildman–Crippen LogP) is 2.15. The summed E-state index contributed by atoms with van der Waals surface area (Å²) in [6.07, 6.45) is 0. The lowest BCUT2D eigenvalue weighted by atomic mass is 10.2. The average molecular weight is 350 g/mol. The Hall–Kier alpha value is -2.25. The first-order valence-electron chi connectivity index (χ1n) is 7.40. The molecule has 0 aromatic heterocycles. The molecule has 0 aliphatic carbocycles. The highest BCUT2D eigenvalue weighted by molar-refractivity contribution is 7.89. The second-order valence-electron chi connectivity index (χ2n) is 5.43. The molecule has 2 rings (SSSR count). The fourth-order valence-corrected chi connectivity index (χ4v) is 3.50. The minimum absolute atomic E-state index is 0.0582. The summed E-state index contributed by atoms with van der Waals surface area (Å²) in [6, 6.07) is 10.3. The van der Waals surface area contributed by atoms with Crippen molar-refractivity contribution >= 4 is 15.9 Å². The highest BCUT2D eigenvalue weighted by atomic mass is 32.2. The molecule has 0 radical (unpaired) electrons. The number of amides is 1. The first-order valence-corrected chi connectivity index (χ1v) is 8.88. The van der Waals surface area contributed by atoms with Crippen LogP contribution in [-0.2, 0) is 10.0 Å². The van der Waals surface area contributed by atoms with E-state index in [2.05, 4.69) is 10.0 Å².